The van der Waals surface area contributed by atoms with Gasteiger partial charge in [0.05, 0.1) is 4.90 Å². The van der Waals surface area contributed by atoms with Crippen molar-refractivity contribution in [1.29, 1.82) is 0 Å². The largest absolute Gasteiger partial charge is 0.300 e. The zero-order chi connectivity index (χ0) is 24.7. The summed E-state index contributed by atoms with van der Waals surface area (Å²) < 4.78 is 28.2. The minimum Gasteiger partial charge on any atom is -0.300 e. The van der Waals surface area contributed by atoms with E-state index in [0.717, 1.165) is 6.54 Å². The molecular weight excluding hydrogens is 456 g/mol. The molecule has 0 spiro atoms. The average Bonchev–Trinajstić information content (AvgIpc) is 2.91. The van der Waals surface area contributed by atoms with Gasteiger partial charge in [0, 0.05) is 45.1 Å². The van der Waals surface area contributed by atoms with Crippen LogP contribution >= 0.6 is 0 Å². The first-order valence-corrected chi connectivity index (χ1v) is 13.5. The van der Waals surface area contributed by atoms with Crippen LogP contribution in [-0.4, -0.2) is 56.1 Å². The Hall–Kier alpha value is -3.06. The second kappa shape index (κ2) is 11.6. The van der Waals surface area contributed by atoms with Crippen molar-refractivity contribution in [2.75, 3.05) is 32.7 Å². The van der Waals surface area contributed by atoms with E-state index in [1.54, 1.807) is 35.5 Å². The third kappa shape index (κ3) is 6.34. The molecule has 6 heteroatoms. The van der Waals surface area contributed by atoms with Gasteiger partial charge in [0.15, 0.2) is 5.78 Å². The molecule has 182 valence electrons. The van der Waals surface area contributed by atoms with Crippen LogP contribution in [0.15, 0.2) is 95.9 Å². The van der Waals surface area contributed by atoms with Gasteiger partial charge in [0.25, 0.3) is 0 Å². The summed E-state index contributed by atoms with van der Waals surface area (Å²) >= 11 is 0. The highest BCUT2D eigenvalue weighted by Crippen LogP contribution is 2.27. The van der Waals surface area contributed by atoms with E-state index in [-0.39, 0.29) is 16.6 Å². The minimum absolute atomic E-state index is 0.0127. The van der Waals surface area contributed by atoms with Gasteiger partial charge in [-0.15, -0.1) is 0 Å². The van der Waals surface area contributed by atoms with Crippen molar-refractivity contribution in [3.63, 3.8) is 0 Å². The first-order valence-electron chi connectivity index (χ1n) is 12.1. The van der Waals surface area contributed by atoms with Crippen molar-refractivity contribution in [3.05, 3.63) is 108 Å². The molecule has 1 saturated heterocycles. The Balaban J connectivity index is 1.44. The fourth-order valence-corrected chi connectivity index (χ4v) is 5.90. The first-order chi connectivity index (χ1) is 17.0. The van der Waals surface area contributed by atoms with Gasteiger partial charge in [0.2, 0.25) is 10.0 Å². The molecule has 0 unspecified atom stereocenters. The van der Waals surface area contributed by atoms with Crippen LogP contribution in [0.1, 0.15) is 36.0 Å². The van der Waals surface area contributed by atoms with Crippen molar-refractivity contribution in [1.82, 2.24) is 9.21 Å². The van der Waals surface area contributed by atoms with Crippen LogP contribution in [0.3, 0.4) is 0 Å². The molecule has 35 heavy (non-hydrogen) atoms. The highest BCUT2D eigenvalue weighted by atomic mass is 32.2. The number of sulfonamides is 1. The number of carbonyl (C=O) groups is 1. The summed E-state index contributed by atoms with van der Waals surface area (Å²) in [5.41, 5.74) is 3.24. The van der Waals surface area contributed by atoms with E-state index in [2.05, 4.69) is 53.4 Å². The third-order valence-corrected chi connectivity index (χ3v) is 8.38. The number of rotatable bonds is 9. The van der Waals surface area contributed by atoms with Gasteiger partial charge in [-0.1, -0.05) is 85.8 Å². The van der Waals surface area contributed by atoms with Gasteiger partial charge < -0.3 is 0 Å². The third-order valence-electron chi connectivity index (χ3n) is 6.48. The molecule has 3 aromatic rings. The van der Waals surface area contributed by atoms with E-state index in [4.69, 9.17) is 0 Å². The number of carbonyl (C=O) groups excluding carboxylic acids is 1. The Kier molecular flexibility index (Phi) is 8.29. The average molecular weight is 489 g/mol. The molecule has 0 N–H and O–H groups in total. The lowest BCUT2D eigenvalue weighted by molar-refractivity contribution is -0.114. The number of piperazine rings is 1. The first kappa shape index (κ1) is 25.0. The molecule has 1 fully saturated rings. The zero-order valence-electron chi connectivity index (χ0n) is 20.1. The minimum atomic E-state index is -3.60. The number of ketones is 1. The summed E-state index contributed by atoms with van der Waals surface area (Å²) in [7, 11) is -3.60. The Labute approximate surface area is 208 Å². The van der Waals surface area contributed by atoms with Gasteiger partial charge in [0.1, 0.15) is 0 Å². The second-order valence-electron chi connectivity index (χ2n) is 8.80. The molecule has 1 aliphatic rings. The van der Waals surface area contributed by atoms with Crippen LogP contribution in [0.25, 0.3) is 6.08 Å². The van der Waals surface area contributed by atoms with Crippen LogP contribution in [-0.2, 0) is 14.8 Å². The summed E-state index contributed by atoms with van der Waals surface area (Å²) in [4.78, 5) is 14.2. The lowest BCUT2D eigenvalue weighted by Gasteiger charge is -2.36. The van der Waals surface area contributed by atoms with Gasteiger partial charge in [-0.05, 0) is 34.9 Å². The van der Waals surface area contributed by atoms with Crippen LogP contribution in [0.2, 0.25) is 0 Å². The summed E-state index contributed by atoms with van der Waals surface area (Å²) in [5, 5.41) is 0. The fraction of sp³-hybridized carbons (Fsp3) is 0.276. The highest BCUT2D eigenvalue weighted by molar-refractivity contribution is 7.89. The molecule has 0 radical (unpaired) electrons. The predicted octanol–water partition coefficient (Wildman–Crippen LogP) is 4.82. The lowest BCUT2D eigenvalue weighted by atomic mass is 9.90. The fourth-order valence-electron chi connectivity index (χ4n) is 4.42. The van der Waals surface area contributed by atoms with Gasteiger partial charge in [-0.3, -0.25) is 9.69 Å². The molecule has 0 bridgehead atoms. The molecule has 0 amide bonds. The van der Waals surface area contributed by atoms with Crippen molar-refractivity contribution >= 4 is 21.9 Å². The maximum absolute atomic E-state index is 13.3. The van der Waals surface area contributed by atoms with E-state index in [0.29, 0.717) is 38.2 Å². The van der Waals surface area contributed by atoms with Gasteiger partial charge in [-0.2, -0.15) is 4.31 Å². The van der Waals surface area contributed by atoms with Gasteiger partial charge >= 0.3 is 0 Å². The SMILES string of the molecule is CCC(=O)/C=C/c1cccc(S(=O)(=O)N2CCN(CC(c3ccccc3)c3ccccc3)CC2)c1. The number of nitrogens with zero attached hydrogens (tertiary/aromatic N) is 2. The number of hydrogen-bond acceptors (Lipinski definition) is 4. The van der Waals surface area contributed by atoms with Crippen LogP contribution < -0.4 is 0 Å². The standard InChI is InChI=1S/C29H32N2O3S/c1-2-27(32)17-16-24-10-9-15-28(22-24)35(33,34)31-20-18-30(19-21-31)23-29(25-11-5-3-6-12-25)26-13-7-4-8-14-26/h3-17,22,29H,2,18-21,23H2,1H3/b17-16+. The molecule has 5 nitrogen and oxygen atoms in total. The summed E-state index contributed by atoms with van der Waals surface area (Å²) in [6.45, 7) is 4.91. The van der Waals surface area contributed by atoms with E-state index in [1.807, 2.05) is 18.2 Å². The molecule has 0 aromatic heterocycles. The highest BCUT2D eigenvalue weighted by Gasteiger charge is 2.30. The van der Waals surface area contributed by atoms with Crippen molar-refractivity contribution in [3.8, 4) is 0 Å². The Morgan fingerprint density at radius 2 is 1.46 bits per heavy atom. The molecular formula is C29H32N2O3S. The van der Waals surface area contributed by atoms with E-state index >= 15 is 0 Å². The summed E-state index contributed by atoms with van der Waals surface area (Å²) in [5.74, 6) is 0.244. The Bertz CT molecular complexity index is 1210. The van der Waals surface area contributed by atoms with Crippen LogP contribution in [0.5, 0.6) is 0 Å². The van der Waals surface area contributed by atoms with Crippen LogP contribution in [0, 0.1) is 0 Å². The van der Waals surface area contributed by atoms with Crippen molar-refractivity contribution in [2.24, 2.45) is 0 Å². The number of hydrogen-bond donors (Lipinski definition) is 0. The van der Waals surface area contributed by atoms with E-state index < -0.39 is 10.0 Å². The summed E-state index contributed by atoms with van der Waals surface area (Å²) in [6, 6.07) is 27.8. The van der Waals surface area contributed by atoms with E-state index in [9.17, 15) is 13.2 Å². The van der Waals surface area contributed by atoms with Crippen LogP contribution in [0.4, 0.5) is 0 Å². The van der Waals surface area contributed by atoms with E-state index in [1.165, 1.54) is 17.2 Å². The molecule has 0 atom stereocenters. The topological polar surface area (TPSA) is 57.7 Å². The zero-order valence-corrected chi connectivity index (χ0v) is 20.9. The Morgan fingerprint density at radius 1 is 0.857 bits per heavy atom. The van der Waals surface area contributed by atoms with Crippen molar-refractivity contribution < 1.29 is 13.2 Å². The molecule has 3 aromatic carbocycles. The number of allylic oxidation sites excluding steroid dienone is 1. The second-order valence-corrected chi connectivity index (χ2v) is 10.7. The molecule has 1 heterocycles. The smallest absolute Gasteiger partial charge is 0.243 e. The quantitative estimate of drug-likeness (QED) is 0.406. The molecule has 4 rings (SSSR count). The maximum atomic E-state index is 13.3. The maximum Gasteiger partial charge on any atom is 0.243 e. The summed E-state index contributed by atoms with van der Waals surface area (Å²) in [6.07, 6.45) is 3.60. The Morgan fingerprint density at radius 3 is 2.03 bits per heavy atom. The molecule has 0 aliphatic carbocycles. The lowest BCUT2D eigenvalue weighted by Crippen LogP contribution is -2.49. The monoisotopic (exact) mass is 488 g/mol. The van der Waals surface area contributed by atoms with Gasteiger partial charge in [-0.25, -0.2) is 8.42 Å². The van der Waals surface area contributed by atoms with Crippen molar-refractivity contribution in [2.45, 2.75) is 24.2 Å². The number of benzene rings is 3. The predicted molar refractivity (Wildman–Crippen MR) is 141 cm³/mol. The molecule has 0 saturated carbocycles. The molecule has 1 aliphatic heterocycles. The normalized spacial score (nSPS) is 15.6.